The van der Waals surface area contributed by atoms with Crippen LogP contribution in [0.1, 0.15) is 24.2 Å². The van der Waals surface area contributed by atoms with Crippen LogP contribution in [0.5, 0.6) is 0 Å². The number of hydrogen-bond donors (Lipinski definition) is 2. The van der Waals surface area contributed by atoms with Gasteiger partial charge in [0.1, 0.15) is 11.9 Å². The lowest BCUT2D eigenvalue weighted by Gasteiger charge is -2.08. The summed E-state index contributed by atoms with van der Waals surface area (Å²) in [5, 5.41) is 6.78. The van der Waals surface area contributed by atoms with Crippen LogP contribution in [0.25, 0.3) is 0 Å². The highest BCUT2D eigenvalue weighted by Crippen LogP contribution is 2.24. The summed E-state index contributed by atoms with van der Waals surface area (Å²) in [6, 6.07) is 0.0419. The minimum atomic E-state index is -0.116. The van der Waals surface area contributed by atoms with Crippen LogP contribution in [-0.4, -0.2) is 27.8 Å². The van der Waals surface area contributed by atoms with Crippen molar-refractivity contribution in [2.24, 2.45) is 5.73 Å². The Morgan fingerprint density at radius 3 is 3.00 bits per heavy atom. The van der Waals surface area contributed by atoms with Gasteiger partial charge in [-0.3, -0.25) is 5.10 Å². The molecule has 3 N–H and O–H groups in total. The van der Waals surface area contributed by atoms with Gasteiger partial charge in [-0.15, -0.1) is 0 Å². The van der Waals surface area contributed by atoms with Crippen molar-refractivity contribution in [3.8, 4) is 0 Å². The Labute approximate surface area is 70.3 Å². The van der Waals surface area contributed by atoms with E-state index >= 15 is 0 Å². The zero-order chi connectivity index (χ0) is 8.55. The van der Waals surface area contributed by atoms with E-state index in [1.54, 1.807) is 0 Å². The zero-order valence-electron chi connectivity index (χ0n) is 6.95. The summed E-state index contributed by atoms with van der Waals surface area (Å²) in [5.74, 6) is 1.48. The second-order valence-corrected chi connectivity index (χ2v) is 3.02. The lowest BCUT2D eigenvalue weighted by Crippen LogP contribution is -2.24. The molecule has 0 saturated carbocycles. The predicted octanol–water partition coefficient (Wildman–Crippen LogP) is -0.0982. The molecule has 2 atom stereocenters. The molecule has 2 rings (SSSR count). The van der Waals surface area contributed by atoms with Crippen molar-refractivity contribution in [3.05, 3.63) is 11.6 Å². The molecule has 0 amide bonds. The standard InChI is InChI=1S/C7H12N4O/c1-4-9-7(11-10-4)6-5(8)2-3-12-6/h5-6H,2-3,8H2,1H3,(H,9,10,11). The first kappa shape index (κ1) is 7.70. The molecule has 0 bridgehead atoms. The van der Waals surface area contributed by atoms with Gasteiger partial charge >= 0.3 is 0 Å². The Kier molecular flexibility index (Phi) is 1.82. The average Bonchev–Trinajstić information content (AvgIpc) is 2.58. The molecular formula is C7H12N4O. The number of aromatic nitrogens is 3. The normalized spacial score (nSPS) is 29.5. The Morgan fingerprint density at radius 2 is 2.50 bits per heavy atom. The van der Waals surface area contributed by atoms with Crippen molar-refractivity contribution in [2.45, 2.75) is 25.5 Å². The number of nitrogens with two attached hydrogens (primary N) is 1. The van der Waals surface area contributed by atoms with Gasteiger partial charge in [0.05, 0.1) is 0 Å². The largest absolute Gasteiger partial charge is 0.368 e. The lowest BCUT2D eigenvalue weighted by molar-refractivity contribution is 0.0981. The molecule has 2 unspecified atom stereocenters. The zero-order valence-corrected chi connectivity index (χ0v) is 6.95. The highest BCUT2D eigenvalue weighted by Gasteiger charge is 2.29. The molecule has 1 aromatic rings. The van der Waals surface area contributed by atoms with Crippen LogP contribution in [0.15, 0.2) is 0 Å². The lowest BCUT2D eigenvalue weighted by atomic mass is 10.1. The number of nitrogens with zero attached hydrogens (tertiary/aromatic N) is 2. The third kappa shape index (κ3) is 1.21. The number of aromatic amines is 1. The fraction of sp³-hybridized carbons (Fsp3) is 0.714. The van der Waals surface area contributed by atoms with E-state index in [9.17, 15) is 0 Å². The smallest absolute Gasteiger partial charge is 0.180 e. The highest BCUT2D eigenvalue weighted by molar-refractivity contribution is 4.98. The Morgan fingerprint density at radius 1 is 1.67 bits per heavy atom. The summed E-state index contributed by atoms with van der Waals surface area (Å²) in [6.45, 7) is 2.57. The van der Waals surface area contributed by atoms with Gasteiger partial charge < -0.3 is 10.5 Å². The number of rotatable bonds is 1. The summed E-state index contributed by atoms with van der Waals surface area (Å²) < 4.78 is 5.39. The minimum absolute atomic E-state index is 0.0419. The average molecular weight is 168 g/mol. The molecule has 0 spiro atoms. The van der Waals surface area contributed by atoms with E-state index in [1.807, 2.05) is 6.92 Å². The second-order valence-electron chi connectivity index (χ2n) is 3.02. The fourth-order valence-corrected chi connectivity index (χ4v) is 1.36. The van der Waals surface area contributed by atoms with E-state index in [-0.39, 0.29) is 12.1 Å². The van der Waals surface area contributed by atoms with Gasteiger partial charge in [-0.1, -0.05) is 0 Å². The fourth-order valence-electron chi connectivity index (χ4n) is 1.36. The molecular weight excluding hydrogens is 156 g/mol. The molecule has 0 aliphatic carbocycles. The molecule has 5 heteroatoms. The number of aryl methyl sites for hydroxylation is 1. The van der Waals surface area contributed by atoms with E-state index in [0.29, 0.717) is 12.4 Å². The highest BCUT2D eigenvalue weighted by atomic mass is 16.5. The quantitative estimate of drug-likeness (QED) is 0.614. The molecule has 5 nitrogen and oxygen atoms in total. The van der Waals surface area contributed by atoms with Gasteiger partial charge in [0, 0.05) is 12.6 Å². The van der Waals surface area contributed by atoms with Crippen molar-refractivity contribution in [1.82, 2.24) is 15.2 Å². The number of hydrogen-bond acceptors (Lipinski definition) is 4. The van der Waals surface area contributed by atoms with Crippen LogP contribution in [0.4, 0.5) is 0 Å². The monoisotopic (exact) mass is 168 g/mol. The maximum absolute atomic E-state index is 5.80. The molecule has 0 aromatic carbocycles. The van der Waals surface area contributed by atoms with E-state index in [4.69, 9.17) is 10.5 Å². The van der Waals surface area contributed by atoms with Crippen molar-refractivity contribution in [1.29, 1.82) is 0 Å². The summed E-state index contributed by atoms with van der Waals surface area (Å²) in [6.07, 6.45) is 0.771. The molecule has 1 fully saturated rings. The molecule has 2 heterocycles. The molecule has 12 heavy (non-hydrogen) atoms. The third-order valence-corrected chi connectivity index (χ3v) is 2.01. The molecule has 66 valence electrons. The van der Waals surface area contributed by atoms with Gasteiger partial charge in [-0.05, 0) is 13.3 Å². The van der Waals surface area contributed by atoms with Crippen molar-refractivity contribution < 1.29 is 4.74 Å². The first-order valence-electron chi connectivity index (χ1n) is 4.03. The Hall–Kier alpha value is -0.940. The third-order valence-electron chi connectivity index (χ3n) is 2.01. The van der Waals surface area contributed by atoms with E-state index in [2.05, 4.69) is 15.2 Å². The van der Waals surface area contributed by atoms with Gasteiger partial charge in [-0.25, -0.2) is 4.98 Å². The molecule has 1 aromatic heterocycles. The van der Waals surface area contributed by atoms with E-state index in [0.717, 1.165) is 12.2 Å². The van der Waals surface area contributed by atoms with Crippen LogP contribution >= 0.6 is 0 Å². The predicted molar refractivity (Wildman–Crippen MR) is 42.4 cm³/mol. The number of ether oxygens (including phenoxy) is 1. The topological polar surface area (TPSA) is 76.8 Å². The van der Waals surface area contributed by atoms with Crippen LogP contribution in [-0.2, 0) is 4.74 Å². The SMILES string of the molecule is Cc1nc(C2OCCC2N)n[nH]1. The maximum Gasteiger partial charge on any atom is 0.180 e. The van der Waals surface area contributed by atoms with Gasteiger partial charge in [0.25, 0.3) is 0 Å². The van der Waals surface area contributed by atoms with E-state index < -0.39 is 0 Å². The van der Waals surface area contributed by atoms with Gasteiger partial charge in [-0.2, -0.15) is 5.10 Å². The summed E-state index contributed by atoms with van der Waals surface area (Å²) in [7, 11) is 0. The summed E-state index contributed by atoms with van der Waals surface area (Å²) >= 11 is 0. The first-order valence-corrected chi connectivity index (χ1v) is 4.03. The molecule has 1 aliphatic rings. The summed E-state index contributed by atoms with van der Waals surface area (Å²) in [5.41, 5.74) is 5.80. The number of H-pyrrole nitrogens is 1. The second kappa shape index (κ2) is 2.84. The maximum atomic E-state index is 5.80. The van der Waals surface area contributed by atoms with Crippen LogP contribution < -0.4 is 5.73 Å². The van der Waals surface area contributed by atoms with Gasteiger partial charge in [0.15, 0.2) is 5.82 Å². The van der Waals surface area contributed by atoms with Crippen molar-refractivity contribution in [2.75, 3.05) is 6.61 Å². The van der Waals surface area contributed by atoms with Crippen molar-refractivity contribution >= 4 is 0 Å². The molecule has 1 saturated heterocycles. The van der Waals surface area contributed by atoms with Gasteiger partial charge in [0.2, 0.25) is 0 Å². The minimum Gasteiger partial charge on any atom is -0.368 e. The Balaban J connectivity index is 2.19. The number of nitrogens with one attached hydrogen (secondary N) is 1. The van der Waals surface area contributed by atoms with E-state index in [1.165, 1.54) is 0 Å². The van der Waals surface area contributed by atoms with Crippen molar-refractivity contribution in [3.63, 3.8) is 0 Å². The van der Waals surface area contributed by atoms with Crippen LogP contribution in [0.3, 0.4) is 0 Å². The van der Waals surface area contributed by atoms with Crippen LogP contribution in [0.2, 0.25) is 0 Å². The van der Waals surface area contributed by atoms with Crippen LogP contribution in [0, 0.1) is 6.92 Å². The molecule has 1 aliphatic heterocycles. The molecule has 0 radical (unpaired) electrons. The Bertz CT molecular complexity index is 272. The summed E-state index contributed by atoms with van der Waals surface area (Å²) in [4.78, 5) is 4.17. The first-order chi connectivity index (χ1) is 5.77.